The molecule has 0 aliphatic carbocycles. The van der Waals surface area contributed by atoms with Crippen LogP contribution in [0.1, 0.15) is 25.8 Å². The van der Waals surface area contributed by atoms with Gasteiger partial charge in [0.15, 0.2) is 11.5 Å². The Kier molecular flexibility index (Phi) is 5.23. The van der Waals surface area contributed by atoms with Crippen LogP contribution in [-0.2, 0) is 15.3 Å². The van der Waals surface area contributed by atoms with Crippen molar-refractivity contribution in [1.29, 1.82) is 0 Å². The van der Waals surface area contributed by atoms with Crippen molar-refractivity contribution in [3.8, 4) is 11.5 Å². The van der Waals surface area contributed by atoms with Crippen molar-refractivity contribution >= 4 is 0 Å². The molecule has 2 N–H and O–H groups in total. The van der Waals surface area contributed by atoms with Crippen LogP contribution in [0.2, 0.25) is 0 Å². The largest absolute Gasteiger partial charge is 0.490 e. The summed E-state index contributed by atoms with van der Waals surface area (Å²) >= 11 is 0. The van der Waals surface area contributed by atoms with E-state index in [1.54, 1.807) is 0 Å². The molecule has 0 radical (unpaired) electrons. The SMILES string of the molecule is CCOC(CN)(OCC)c1ccc2c(c1)OCCCO2. The van der Waals surface area contributed by atoms with E-state index in [1.165, 1.54) is 0 Å². The fourth-order valence-electron chi connectivity index (χ4n) is 2.31. The summed E-state index contributed by atoms with van der Waals surface area (Å²) in [7, 11) is 0. The molecule has 0 spiro atoms. The molecular weight excluding hydrogens is 258 g/mol. The van der Waals surface area contributed by atoms with Gasteiger partial charge in [0, 0.05) is 25.2 Å². The number of benzene rings is 1. The van der Waals surface area contributed by atoms with Gasteiger partial charge in [0.2, 0.25) is 5.79 Å². The molecule has 1 aliphatic heterocycles. The van der Waals surface area contributed by atoms with Crippen LogP contribution >= 0.6 is 0 Å². The third kappa shape index (κ3) is 3.06. The predicted molar refractivity (Wildman–Crippen MR) is 76.0 cm³/mol. The number of hydrogen-bond acceptors (Lipinski definition) is 5. The summed E-state index contributed by atoms with van der Waals surface area (Å²) in [5.74, 6) is 0.552. The Hall–Kier alpha value is -1.30. The summed E-state index contributed by atoms with van der Waals surface area (Å²) < 4.78 is 22.9. The lowest BCUT2D eigenvalue weighted by atomic mass is 10.0. The lowest BCUT2D eigenvalue weighted by Crippen LogP contribution is -2.41. The first kappa shape index (κ1) is 15.1. The second-order valence-corrected chi connectivity index (χ2v) is 4.54. The van der Waals surface area contributed by atoms with E-state index in [4.69, 9.17) is 24.7 Å². The summed E-state index contributed by atoms with van der Waals surface area (Å²) in [4.78, 5) is 0. The highest BCUT2D eigenvalue weighted by atomic mass is 16.7. The molecule has 0 unspecified atom stereocenters. The molecule has 5 heteroatoms. The van der Waals surface area contributed by atoms with Crippen LogP contribution in [0.4, 0.5) is 0 Å². The maximum atomic E-state index is 5.90. The zero-order valence-corrected chi connectivity index (χ0v) is 12.2. The number of hydrogen-bond donors (Lipinski definition) is 1. The van der Waals surface area contributed by atoms with Gasteiger partial charge in [-0.05, 0) is 32.0 Å². The average molecular weight is 281 g/mol. The van der Waals surface area contributed by atoms with Crippen molar-refractivity contribution in [2.75, 3.05) is 33.0 Å². The molecule has 0 saturated heterocycles. The summed E-state index contributed by atoms with van der Waals surface area (Å²) in [5.41, 5.74) is 6.75. The highest BCUT2D eigenvalue weighted by Crippen LogP contribution is 2.36. The van der Waals surface area contributed by atoms with E-state index in [-0.39, 0.29) is 6.54 Å². The fraction of sp³-hybridized carbons (Fsp3) is 0.600. The molecule has 20 heavy (non-hydrogen) atoms. The molecule has 0 aromatic heterocycles. The van der Waals surface area contributed by atoms with Gasteiger partial charge in [0.1, 0.15) is 0 Å². The normalized spacial score (nSPS) is 14.9. The van der Waals surface area contributed by atoms with Crippen LogP contribution in [0.25, 0.3) is 0 Å². The first-order valence-electron chi connectivity index (χ1n) is 7.14. The minimum Gasteiger partial charge on any atom is -0.490 e. The molecule has 1 aromatic rings. The smallest absolute Gasteiger partial charge is 0.207 e. The second kappa shape index (κ2) is 6.92. The molecule has 0 atom stereocenters. The van der Waals surface area contributed by atoms with Crippen LogP contribution in [0.5, 0.6) is 11.5 Å². The van der Waals surface area contributed by atoms with Gasteiger partial charge < -0.3 is 24.7 Å². The Labute approximate surface area is 120 Å². The number of fused-ring (bicyclic) bond motifs is 1. The van der Waals surface area contributed by atoms with Crippen LogP contribution in [0, 0.1) is 0 Å². The predicted octanol–water partition coefficient (Wildman–Crippen LogP) is 2.03. The molecule has 112 valence electrons. The number of nitrogens with two attached hydrogens (primary N) is 1. The van der Waals surface area contributed by atoms with E-state index in [0.717, 1.165) is 23.5 Å². The lowest BCUT2D eigenvalue weighted by molar-refractivity contribution is -0.235. The van der Waals surface area contributed by atoms with Crippen LogP contribution in [-0.4, -0.2) is 33.0 Å². The van der Waals surface area contributed by atoms with Crippen LogP contribution < -0.4 is 15.2 Å². The third-order valence-corrected chi connectivity index (χ3v) is 3.21. The van der Waals surface area contributed by atoms with E-state index in [9.17, 15) is 0 Å². The van der Waals surface area contributed by atoms with Gasteiger partial charge in [0.05, 0.1) is 19.8 Å². The third-order valence-electron chi connectivity index (χ3n) is 3.21. The molecule has 0 amide bonds. The molecule has 5 nitrogen and oxygen atoms in total. The van der Waals surface area contributed by atoms with Crippen molar-refractivity contribution in [1.82, 2.24) is 0 Å². The van der Waals surface area contributed by atoms with E-state index in [2.05, 4.69) is 0 Å². The Balaban J connectivity index is 2.35. The van der Waals surface area contributed by atoms with Gasteiger partial charge in [-0.1, -0.05) is 0 Å². The summed E-state index contributed by atoms with van der Waals surface area (Å²) in [6, 6.07) is 5.71. The molecule has 0 saturated carbocycles. The Bertz CT molecular complexity index is 430. The monoisotopic (exact) mass is 281 g/mol. The van der Waals surface area contributed by atoms with Gasteiger partial charge in [-0.2, -0.15) is 0 Å². The van der Waals surface area contributed by atoms with Crippen LogP contribution in [0.15, 0.2) is 18.2 Å². The van der Waals surface area contributed by atoms with Crippen LogP contribution in [0.3, 0.4) is 0 Å². The van der Waals surface area contributed by atoms with E-state index >= 15 is 0 Å². The zero-order chi connectivity index (χ0) is 14.4. The van der Waals surface area contributed by atoms with E-state index in [0.29, 0.717) is 26.4 Å². The quantitative estimate of drug-likeness (QED) is 0.808. The fourth-order valence-corrected chi connectivity index (χ4v) is 2.31. The lowest BCUT2D eigenvalue weighted by Gasteiger charge is -2.32. The van der Waals surface area contributed by atoms with Crippen molar-refractivity contribution in [3.05, 3.63) is 23.8 Å². The van der Waals surface area contributed by atoms with Crippen molar-refractivity contribution in [3.63, 3.8) is 0 Å². The van der Waals surface area contributed by atoms with Gasteiger partial charge in [0.25, 0.3) is 0 Å². The van der Waals surface area contributed by atoms with E-state index in [1.807, 2.05) is 32.0 Å². The minimum absolute atomic E-state index is 0.244. The van der Waals surface area contributed by atoms with Gasteiger partial charge >= 0.3 is 0 Å². The topological polar surface area (TPSA) is 62.9 Å². The maximum absolute atomic E-state index is 5.90. The molecule has 1 heterocycles. The van der Waals surface area contributed by atoms with E-state index < -0.39 is 5.79 Å². The Morgan fingerprint density at radius 3 is 2.35 bits per heavy atom. The average Bonchev–Trinajstić information content (AvgIpc) is 2.71. The van der Waals surface area contributed by atoms with Gasteiger partial charge in [-0.15, -0.1) is 0 Å². The summed E-state index contributed by atoms with van der Waals surface area (Å²) in [5, 5.41) is 0. The first-order chi connectivity index (χ1) is 9.75. The molecule has 2 rings (SSSR count). The van der Waals surface area contributed by atoms with Gasteiger partial charge in [-0.3, -0.25) is 0 Å². The summed E-state index contributed by atoms with van der Waals surface area (Å²) in [6.07, 6.45) is 0.878. The van der Waals surface area contributed by atoms with Crippen molar-refractivity contribution in [2.45, 2.75) is 26.1 Å². The Morgan fingerprint density at radius 1 is 1.10 bits per heavy atom. The molecule has 1 aromatic carbocycles. The highest BCUT2D eigenvalue weighted by molar-refractivity contribution is 5.44. The number of rotatable bonds is 6. The standard InChI is InChI=1S/C15H23NO4/c1-3-19-15(11-16,20-4-2)12-6-7-13-14(10-12)18-9-5-8-17-13/h6-7,10H,3-5,8-9,11,16H2,1-2H3. The maximum Gasteiger partial charge on any atom is 0.207 e. The first-order valence-corrected chi connectivity index (χ1v) is 7.14. The van der Waals surface area contributed by atoms with Crippen molar-refractivity contribution < 1.29 is 18.9 Å². The minimum atomic E-state index is -0.922. The molecule has 0 fully saturated rings. The van der Waals surface area contributed by atoms with Gasteiger partial charge in [-0.25, -0.2) is 0 Å². The Morgan fingerprint density at radius 2 is 1.75 bits per heavy atom. The molecule has 0 bridgehead atoms. The second-order valence-electron chi connectivity index (χ2n) is 4.54. The summed E-state index contributed by atoms with van der Waals surface area (Å²) in [6.45, 7) is 6.45. The zero-order valence-electron chi connectivity index (χ0n) is 12.2. The number of ether oxygens (including phenoxy) is 4. The highest BCUT2D eigenvalue weighted by Gasteiger charge is 2.33. The van der Waals surface area contributed by atoms with Crippen molar-refractivity contribution in [2.24, 2.45) is 5.73 Å². The molecular formula is C15H23NO4. The molecule has 1 aliphatic rings.